The van der Waals surface area contributed by atoms with Crippen LogP contribution in [0.1, 0.15) is 51.9 Å². The molecule has 0 aromatic rings. The summed E-state index contributed by atoms with van der Waals surface area (Å²) in [5.74, 6) is 0. The highest BCUT2D eigenvalue weighted by Crippen LogP contribution is 2.37. The topological polar surface area (TPSA) is 24.5 Å². The fraction of sp³-hybridized carbons (Fsp3) is 1.00. The molecule has 104 valence electrons. The van der Waals surface area contributed by atoms with Crippen molar-refractivity contribution in [3.8, 4) is 0 Å². The van der Waals surface area contributed by atoms with Gasteiger partial charge in [-0.05, 0) is 52.5 Å². The second-order valence-electron chi connectivity index (χ2n) is 6.43. The second-order valence-corrected chi connectivity index (χ2v) is 6.43. The summed E-state index contributed by atoms with van der Waals surface area (Å²) < 4.78 is 5.93. The summed E-state index contributed by atoms with van der Waals surface area (Å²) in [5.41, 5.74) is 0. The summed E-state index contributed by atoms with van der Waals surface area (Å²) in [6.45, 7) is 3.39. The van der Waals surface area contributed by atoms with Gasteiger partial charge in [0.25, 0.3) is 0 Å². The zero-order valence-corrected chi connectivity index (χ0v) is 11.9. The average Bonchev–Trinajstić information content (AvgIpc) is 2.90. The number of nitrogens with one attached hydrogen (secondary N) is 1. The molecule has 0 spiro atoms. The Morgan fingerprint density at radius 2 is 1.83 bits per heavy atom. The molecule has 0 radical (unpaired) electrons. The Bertz CT molecular complexity index is 264. The van der Waals surface area contributed by atoms with E-state index in [2.05, 4.69) is 24.2 Å². The number of hydrogen-bond donors (Lipinski definition) is 1. The van der Waals surface area contributed by atoms with Crippen LogP contribution in [0.3, 0.4) is 0 Å². The van der Waals surface area contributed by atoms with Crippen molar-refractivity contribution >= 4 is 0 Å². The van der Waals surface area contributed by atoms with E-state index in [0.29, 0.717) is 12.1 Å². The molecule has 3 aliphatic heterocycles. The maximum Gasteiger partial charge on any atom is 0.0728 e. The summed E-state index contributed by atoms with van der Waals surface area (Å²) in [7, 11) is 2.12. The molecule has 4 atom stereocenters. The predicted octanol–water partition coefficient (Wildman–Crippen LogP) is 2.16. The zero-order valence-electron chi connectivity index (χ0n) is 11.9. The van der Waals surface area contributed by atoms with Crippen molar-refractivity contribution in [2.45, 2.75) is 82.1 Å². The number of piperidine rings is 2. The van der Waals surface area contributed by atoms with Crippen molar-refractivity contribution in [2.75, 3.05) is 13.7 Å². The minimum absolute atomic E-state index is 0.499. The lowest BCUT2D eigenvalue weighted by molar-refractivity contribution is -0.0547. The van der Waals surface area contributed by atoms with E-state index in [1.54, 1.807) is 0 Å². The fourth-order valence-corrected chi connectivity index (χ4v) is 4.49. The minimum Gasteiger partial charge on any atom is -0.377 e. The van der Waals surface area contributed by atoms with Crippen LogP contribution in [-0.4, -0.2) is 48.8 Å². The summed E-state index contributed by atoms with van der Waals surface area (Å²) in [6.07, 6.45) is 9.93. The van der Waals surface area contributed by atoms with Crippen LogP contribution in [-0.2, 0) is 4.74 Å². The Labute approximate surface area is 111 Å². The van der Waals surface area contributed by atoms with Crippen molar-refractivity contribution < 1.29 is 4.74 Å². The second kappa shape index (κ2) is 5.48. The molecule has 0 aliphatic carbocycles. The number of fused-ring (bicyclic) bond motifs is 2. The summed E-state index contributed by atoms with van der Waals surface area (Å²) in [6, 6.07) is 2.97. The molecule has 3 rings (SSSR count). The van der Waals surface area contributed by atoms with Crippen molar-refractivity contribution in [3.05, 3.63) is 0 Å². The van der Waals surface area contributed by atoms with Gasteiger partial charge in [0.1, 0.15) is 0 Å². The van der Waals surface area contributed by atoms with Crippen LogP contribution in [0.2, 0.25) is 0 Å². The van der Waals surface area contributed by atoms with Gasteiger partial charge in [-0.2, -0.15) is 0 Å². The molecule has 2 bridgehead atoms. The van der Waals surface area contributed by atoms with E-state index in [1.807, 2.05) is 0 Å². The summed E-state index contributed by atoms with van der Waals surface area (Å²) in [4.78, 5) is 2.83. The smallest absolute Gasteiger partial charge is 0.0728 e. The predicted molar refractivity (Wildman–Crippen MR) is 73.8 cm³/mol. The van der Waals surface area contributed by atoms with Gasteiger partial charge in [0.15, 0.2) is 0 Å². The number of ether oxygens (including phenoxy) is 1. The van der Waals surface area contributed by atoms with E-state index in [9.17, 15) is 0 Å². The Morgan fingerprint density at radius 3 is 2.39 bits per heavy atom. The van der Waals surface area contributed by atoms with Crippen LogP contribution in [0, 0.1) is 0 Å². The molecule has 3 saturated heterocycles. The van der Waals surface area contributed by atoms with E-state index in [1.165, 1.54) is 44.9 Å². The van der Waals surface area contributed by atoms with Gasteiger partial charge >= 0.3 is 0 Å². The average molecular weight is 252 g/mol. The number of hydrogen-bond acceptors (Lipinski definition) is 3. The third-order valence-electron chi connectivity index (χ3n) is 5.41. The Balaban J connectivity index is 1.70. The Hall–Kier alpha value is -0.120. The molecule has 18 heavy (non-hydrogen) atoms. The highest BCUT2D eigenvalue weighted by molar-refractivity contribution is 4.98. The maximum atomic E-state index is 5.93. The highest BCUT2D eigenvalue weighted by atomic mass is 16.5. The molecule has 3 heterocycles. The highest BCUT2D eigenvalue weighted by Gasteiger charge is 2.42. The molecule has 0 aromatic heterocycles. The summed E-state index contributed by atoms with van der Waals surface area (Å²) >= 11 is 0. The lowest BCUT2D eigenvalue weighted by Gasteiger charge is -2.52. The van der Waals surface area contributed by atoms with Crippen LogP contribution in [0.4, 0.5) is 0 Å². The normalized spacial score (nSPS) is 43.0. The van der Waals surface area contributed by atoms with Crippen molar-refractivity contribution in [1.82, 2.24) is 10.2 Å². The molecule has 4 unspecified atom stereocenters. The van der Waals surface area contributed by atoms with Crippen LogP contribution < -0.4 is 5.32 Å². The Kier molecular flexibility index (Phi) is 3.92. The van der Waals surface area contributed by atoms with Gasteiger partial charge in [-0.1, -0.05) is 6.42 Å². The van der Waals surface area contributed by atoms with Gasteiger partial charge in [0.05, 0.1) is 6.10 Å². The SMILES string of the molecule is CNC1CC2CCCC(C1)N2C(C)C1CCCO1. The molecule has 1 N–H and O–H groups in total. The first-order valence-corrected chi connectivity index (χ1v) is 7.86. The maximum absolute atomic E-state index is 5.93. The minimum atomic E-state index is 0.499. The van der Waals surface area contributed by atoms with Crippen LogP contribution in [0.5, 0.6) is 0 Å². The summed E-state index contributed by atoms with van der Waals surface area (Å²) in [5, 5.41) is 3.50. The molecular formula is C15H28N2O. The van der Waals surface area contributed by atoms with Crippen LogP contribution >= 0.6 is 0 Å². The first kappa shape index (κ1) is 12.9. The van der Waals surface area contributed by atoms with Gasteiger partial charge in [-0.25, -0.2) is 0 Å². The molecule has 3 nitrogen and oxygen atoms in total. The number of nitrogens with zero attached hydrogens (tertiary/aromatic N) is 1. The third-order valence-corrected chi connectivity index (χ3v) is 5.41. The van der Waals surface area contributed by atoms with Crippen molar-refractivity contribution in [3.63, 3.8) is 0 Å². The molecule has 0 aromatic carbocycles. The lowest BCUT2D eigenvalue weighted by Crippen LogP contribution is -2.60. The lowest BCUT2D eigenvalue weighted by atomic mass is 9.80. The monoisotopic (exact) mass is 252 g/mol. The molecular weight excluding hydrogens is 224 g/mol. The van der Waals surface area contributed by atoms with Gasteiger partial charge in [-0.15, -0.1) is 0 Å². The first-order valence-electron chi connectivity index (χ1n) is 7.86. The Morgan fingerprint density at radius 1 is 1.11 bits per heavy atom. The van der Waals surface area contributed by atoms with Crippen molar-refractivity contribution in [1.29, 1.82) is 0 Å². The molecule has 0 saturated carbocycles. The van der Waals surface area contributed by atoms with Crippen molar-refractivity contribution in [2.24, 2.45) is 0 Å². The van der Waals surface area contributed by atoms with Gasteiger partial charge in [-0.3, -0.25) is 4.90 Å². The standard InChI is InChI=1S/C15H28N2O/c1-11(15-7-4-8-18-15)17-13-5-3-6-14(17)10-12(9-13)16-2/h11-16H,3-10H2,1-2H3. The molecule has 0 amide bonds. The van der Waals surface area contributed by atoms with E-state index < -0.39 is 0 Å². The van der Waals surface area contributed by atoms with E-state index in [4.69, 9.17) is 4.74 Å². The molecule has 3 heteroatoms. The van der Waals surface area contributed by atoms with Crippen LogP contribution in [0.15, 0.2) is 0 Å². The van der Waals surface area contributed by atoms with E-state index >= 15 is 0 Å². The van der Waals surface area contributed by atoms with E-state index in [-0.39, 0.29) is 0 Å². The van der Waals surface area contributed by atoms with Gasteiger partial charge < -0.3 is 10.1 Å². The first-order chi connectivity index (χ1) is 8.79. The fourth-order valence-electron chi connectivity index (χ4n) is 4.49. The largest absolute Gasteiger partial charge is 0.377 e. The van der Waals surface area contributed by atoms with Gasteiger partial charge in [0.2, 0.25) is 0 Å². The third kappa shape index (κ3) is 2.33. The zero-order chi connectivity index (χ0) is 12.5. The van der Waals surface area contributed by atoms with Crippen LogP contribution in [0.25, 0.3) is 0 Å². The van der Waals surface area contributed by atoms with E-state index in [0.717, 1.165) is 24.7 Å². The van der Waals surface area contributed by atoms with Gasteiger partial charge in [0, 0.05) is 30.8 Å². The molecule has 3 aliphatic rings. The molecule has 3 fully saturated rings. The number of rotatable bonds is 3. The quantitative estimate of drug-likeness (QED) is 0.833.